The van der Waals surface area contributed by atoms with Gasteiger partial charge in [-0.3, -0.25) is 19.2 Å². The van der Waals surface area contributed by atoms with Crippen LogP contribution in [0.1, 0.15) is 81.1 Å². The molecule has 12 heteroatoms. The van der Waals surface area contributed by atoms with Crippen LogP contribution in [0.15, 0.2) is 0 Å². The first-order valence-electron chi connectivity index (χ1n) is 18.8. The minimum atomic E-state index is -0.375. The number of esters is 4. The molecule has 7 heterocycles. The van der Waals surface area contributed by atoms with E-state index >= 15 is 0 Å². The molecule has 0 unspecified atom stereocenters. The van der Waals surface area contributed by atoms with Crippen LogP contribution in [0.5, 0.6) is 0 Å². The summed E-state index contributed by atoms with van der Waals surface area (Å²) in [5.74, 6) is 0.195. The van der Waals surface area contributed by atoms with E-state index in [0.717, 1.165) is 45.4 Å². The second-order valence-corrected chi connectivity index (χ2v) is 17.0. The van der Waals surface area contributed by atoms with Gasteiger partial charge in [0.15, 0.2) is 0 Å². The summed E-state index contributed by atoms with van der Waals surface area (Å²) >= 11 is 0. The average Bonchev–Trinajstić information content (AvgIpc) is 3.89. The number of carbonyl (C=O) groups is 4. The molecule has 0 radical (unpaired) electrons. The maximum absolute atomic E-state index is 12.3. The number of nitrogens with one attached hydrogen (secondary N) is 4. The summed E-state index contributed by atoms with van der Waals surface area (Å²) in [5, 5.41) is 13.3. The third-order valence-corrected chi connectivity index (χ3v) is 12.3. The molecule has 3 saturated carbocycles. The van der Waals surface area contributed by atoms with E-state index in [9.17, 15) is 19.2 Å². The third kappa shape index (κ3) is 7.82. The molecular formula is C37H62N4O8. The molecule has 0 aromatic rings. The molecular weight excluding hydrogens is 628 g/mol. The highest BCUT2D eigenvalue weighted by molar-refractivity contribution is 5.77. The van der Waals surface area contributed by atoms with Crippen molar-refractivity contribution < 1.29 is 38.1 Å². The highest BCUT2D eigenvalue weighted by Gasteiger charge is 2.61. The standard InChI is InChI=1S/C18H30N2O4.C17H26N2O4.C2H6/c1-10-6-19-11(2)14(10)16(21)23-8-18(3,4)9-24-17(22)15-12-5-13(15)20-7-12;1-16-6-10(18-8-16)12(16)14(20)22-4-3-5-23-15(21)13-11-7-17(13,2)9-19-11;1-2/h10-15,19-20H,5-9H2,1-4H3;10-13,18-19H,3-9H2,1-2H3;1-2H3/t10-,11-,12-,13-,14+,15+;10-,11-,12+,13+,16-,17-;/m11./s1. The monoisotopic (exact) mass is 690 g/mol. The number of ether oxygens (including phenoxy) is 4. The van der Waals surface area contributed by atoms with Crippen LogP contribution in [0.3, 0.4) is 0 Å². The molecule has 10 fully saturated rings. The first-order chi connectivity index (χ1) is 23.2. The van der Waals surface area contributed by atoms with Crippen LogP contribution in [-0.4, -0.2) is 101 Å². The lowest BCUT2D eigenvalue weighted by Gasteiger charge is -2.41. The molecule has 12 atom stereocenters. The molecule has 7 saturated heterocycles. The molecule has 278 valence electrons. The smallest absolute Gasteiger partial charge is 0.311 e. The zero-order chi connectivity index (χ0) is 35.7. The Kier molecular flexibility index (Phi) is 11.7. The minimum Gasteiger partial charge on any atom is -0.465 e. The van der Waals surface area contributed by atoms with Gasteiger partial charge in [0.25, 0.3) is 0 Å². The van der Waals surface area contributed by atoms with E-state index in [4.69, 9.17) is 18.9 Å². The van der Waals surface area contributed by atoms with E-state index in [1.54, 1.807) is 0 Å². The summed E-state index contributed by atoms with van der Waals surface area (Å²) < 4.78 is 21.8. The van der Waals surface area contributed by atoms with E-state index in [0.29, 0.717) is 43.7 Å². The van der Waals surface area contributed by atoms with Crippen molar-refractivity contribution in [2.24, 2.45) is 51.8 Å². The van der Waals surface area contributed by atoms with Gasteiger partial charge in [-0.2, -0.15) is 0 Å². The van der Waals surface area contributed by atoms with Crippen molar-refractivity contribution in [3.63, 3.8) is 0 Å². The van der Waals surface area contributed by atoms with Crippen molar-refractivity contribution in [2.75, 3.05) is 52.6 Å². The second kappa shape index (κ2) is 15.1. The summed E-state index contributed by atoms with van der Waals surface area (Å²) in [7, 11) is 0. The Balaban J connectivity index is 0.000000182. The van der Waals surface area contributed by atoms with E-state index in [-0.39, 0.29) is 89.0 Å². The van der Waals surface area contributed by atoms with Crippen LogP contribution in [0.2, 0.25) is 0 Å². The average molecular weight is 691 g/mol. The lowest BCUT2D eigenvalue weighted by Crippen LogP contribution is -2.49. The normalized spacial score (nSPS) is 40.2. The molecule has 12 nitrogen and oxygen atoms in total. The Morgan fingerprint density at radius 1 is 0.673 bits per heavy atom. The molecule has 0 amide bonds. The quantitative estimate of drug-likeness (QED) is 0.135. The topological polar surface area (TPSA) is 153 Å². The SMILES string of the molecule is CC.C[C@@H]1CN[C@H](C)[C@H]1C(=O)OCC(C)(C)COC(=O)[C@H]1[C@H]2CN[C@@H]1C2.C[C@]12CN[C@H](C1)[C@H]2C(=O)OCCCOC(=O)[C@@H]1[C@H]2C[C@]1(C)CN2. The minimum absolute atomic E-state index is 0.00155. The fourth-order valence-electron chi connectivity index (χ4n) is 9.25. The van der Waals surface area contributed by atoms with Crippen LogP contribution in [0, 0.1) is 51.8 Å². The lowest BCUT2D eigenvalue weighted by atomic mass is 9.62. The van der Waals surface area contributed by atoms with E-state index in [2.05, 4.69) is 42.0 Å². The molecule has 10 aliphatic rings. The van der Waals surface area contributed by atoms with Crippen LogP contribution in [0.4, 0.5) is 0 Å². The van der Waals surface area contributed by atoms with Gasteiger partial charge in [-0.15, -0.1) is 0 Å². The van der Waals surface area contributed by atoms with Crippen molar-refractivity contribution in [3.8, 4) is 0 Å². The van der Waals surface area contributed by atoms with Gasteiger partial charge in [0, 0.05) is 49.1 Å². The fourth-order valence-corrected chi connectivity index (χ4v) is 9.25. The van der Waals surface area contributed by atoms with Gasteiger partial charge in [-0.1, -0.05) is 48.5 Å². The fraction of sp³-hybridized carbons (Fsp3) is 0.892. The molecule has 3 aliphatic carbocycles. The van der Waals surface area contributed by atoms with E-state index in [1.807, 2.05) is 34.6 Å². The predicted molar refractivity (Wildman–Crippen MR) is 183 cm³/mol. The molecule has 7 aliphatic heterocycles. The van der Waals surface area contributed by atoms with Gasteiger partial charge in [-0.25, -0.2) is 0 Å². The summed E-state index contributed by atoms with van der Waals surface area (Å²) in [6, 6.07) is 1.05. The number of hydrogen-bond acceptors (Lipinski definition) is 12. The van der Waals surface area contributed by atoms with Crippen LogP contribution in [0.25, 0.3) is 0 Å². The molecule has 4 N–H and O–H groups in total. The number of hydrogen-bond donors (Lipinski definition) is 4. The highest BCUT2D eigenvalue weighted by atomic mass is 16.6. The van der Waals surface area contributed by atoms with Crippen LogP contribution in [-0.2, 0) is 38.1 Å². The first kappa shape index (κ1) is 38.0. The Labute approximate surface area is 292 Å². The van der Waals surface area contributed by atoms with E-state index < -0.39 is 0 Å². The predicted octanol–water partition coefficient (Wildman–Crippen LogP) is 2.44. The Hall–Kier alpha value is -2.28. The number of rotatable bonds is 12. The summed E-state index contributed by atoms with van der Waals surface area (Å²) in [6.07, 6.45) is 3.80. The van der Waals surface area contributed by atoms with E-state index in [1.165, 1.54) is 0 Å². The van der Waals surface area contributed by atoms with Crippen molar-refractivity contribution in [3.05, 3.63) is 0 Å². The number of carbonyl (C=O) groups excluding carboxylic acids is 4. The summed E-state index contributed by atoms with van der Waals surface area (Å²) in [4.78, 5) is 48.7. The van der Waals surface area contributed by atoms with Gasteiger partial charge in [0.1, 0.15) is 0 Å². The maximum Gasteiger partial charge on any atom is 0.311 e. The van der Waals surface area contributed by atoms with Gasteiger partial charge < -0.3 is 40.2 Å². The van der Waals surface area contributed by atoms with Crippen LogP contribution < -0.4 is 21.3 Å². The first-order valence-corrected chi connectivity index (χ1v) is 18.8. The molecule has 0 spiro atoms. The number of fused-ring (bicyclic) bond motifs is 3. The van der Waals surface area contributed by atoms with Crippen molar-refractivity contribution in [1.29, 1.82) is 0 Å². The van der Waals surface area contributed by atoms with Gasteiger partial charge in [0.05, 0.1) is 50.1 Å². The molecule has 0 aromatic heterocycles. The zero-order valence-electron chi connectivity index (χ0n) is 31.0. The van der Waals surface area contributed by atoms with Crippen molar-refractivity contribution >= 4 is 23.9 Å². The molecule has 10 rings (SSSR count). The second-order valence-electron chi connectivity index (χ2n) is 17.0. The van der Waals surface area contributed by atoms with Gasteiger partial charge in [-0.05, 0) is 61.9 Å². The molecule has 0 aromatic carbocycles. The molecule has 49 heavy (non-hydrogen) atoms. The largest absolute Gasteiger partial charge is 0.465 e. The lowest BCUT2D eigenvalue weighted by molar-refractivity contribution is -0.162. The zero-order valence-corrected chi connectivity index (χ0v) is 31.0. The maximum atomic E-state index is 12.3. The van der Waals surface area contributed by atoms with Gasteiger partial charge >= 0.3 is 23.9 Å². The molecule has 6 bridgehead atoms. The Morgan fingerprint density at radius 3 is 1.55 bits per heavy atom. The third-order valence-electron chi connectivity index (χ3n) is 12.3. The Morgan fingerprint density at radius 2 is 1.18 bits per heavy atom. The highest BCUT2D eigenvalue weighted by Crippen LogP contribution is 2.52. The van der Waals surface area contributed by atoms with Crippen LogP contribution >= 0.6 is 0 Å². The summed E-state index contributed by atoms with van der Waals surface area (Å²) in [6.45, 7) is 21.1. The van der Waals surface area contributed by atoms with Crippen molar-refractivity contribution in [1.82, 2.24) is 21.3 Å². The van der Waals surface area contributed by atoms with Crippen molar-refractivity contribution in [2.45, 2.75) is 105 Å². The summed E-state index contributed by atoms with van der Waals surface area (Å²) in [5.41, 5.74) is -0.208. The van der Waals surface area contributed by atoms with Gasteiger partial charge in [0.2, 0.25) is 0 Å². The Bertz CT molecular complexity index is 1150.